The zero-order chi connectivity index (χ0) is 24.5. The largest absolute Gasteiger partial charge is 0.487 e. The van der Waals surface area contributed by atoms with E-state index in [1.165, 1.54) is 27.8 Å². The third kappa shape index (κ3) is 4.52. The SMILES string of the molecule is Cn1c(=O)ccc2ccc(F)c(OCCNC[C@H]3CN(c4cnc5c(n4)CC(=O)CO5)C(=O)O3)c21. The molecule has 0 radical (unpaired) electrons. The number of rotatable bonds is 7. The van der Waals surface area contributed by atoms with Crippen LogP contribution in [0.3, 0.4) is 0 Å². The maximum Gasteiger partial charge on any atom is 0.416 e. The predicted octanol–water partition coefficient (Wildman–Crippen LogP) is 0.965. The second-order valence-electron chi connectivity index (χ2n) is 8.20. The molecule has 1 aromatic carbocycles. The van der Waals surface area contributed by atoms with E-state index in [4.69, 9.17) is 14.2 Å². The molecule has 1 saturated heterocycles. The van der Waals surface area contributed by atoms with Crippen LogP contribution in [0.2, 0.25) is 0 Å². The first-order chi connectivity index (χ1) is 16.9. The van der Waals surface area contributed by atoms with E-state index in [0.717, 1.165) is 0 Å². The normalized spacial score (nSPS) is 17.3. The number of aryl methyl sites for hydroxylation is 1. The molecule has 35 heavy (non-hydrogen) atoms. The summed E-state index contributed by atoms with van der Waals surface area (Å²) in [4.78, 5) is 45.7. The summed E-state index contributed by atoms with van der Waals surface area (Å²) in [5.74, 6) is -0.0756. The van der Waals surface area contributed by atoms with E-state index >= 15 is 0 Å². The van der Waals surface area contributed by atoms with Gasteiger partial charge >= 0.3 is 6.09 Å². The monoisotopic (exact) mass is 483 g/mol. The molecule has 0 aliphatic carbocycles. The van der Waals surface area contributed by atoms with Gasteiger partial charge in [0.2, 0.25) is 5.88 Å². The Morgan fingerprint density at radius 1 is 1.23 bits per heavy atom. The van der Waals surface area contributed by atoms with Gasteiger partial charge in [0, 0.05) is 31.6 Å². The van der Waals surface area contributed by atoms with Crippen molar-refractivity contribution in [2.24, 2.45) is 7.05 Å². The highest BCUT2D eigenvalue weighted by molar-refractivity contribution is 5.89. The lowest BCUT2D eigenvalue weighted by atomic mass is 10.2. The Balaban J connectivity index is 1.15. The number of hydrogen-bond donors (Lipinski definition) is 1. The summed E-state index contributed by atoms with van der Waals surface area (Å²) < 4.78 is 32.0. The molecule has 1 N–H and O–H groups in total. The van der Waals surface area contributed by atoms with E-state index in [1.54, 1.807) is 19.2 Å². The fourth-order valence-electron chi connectivity index (χ4n) is 4.02. The van der Waals surface area contributed by atoms with Crippen molar-refractivity contribution in [3.05, 3.63) is 52.3 Å². The van der Waals surface area contributed by atoms with Gasteiger partial charge in [0.1, 0.15) is 25.0 Å². The van der Waals surface area contributed by atoms with Crippen LogP contribution in [0.1, 0.15) is 5.69 Å². The topological polar surface area (TPSA) is 125 Å². The molecule has 5 rings (SSSR count). The third-order valence-corrected chi connectivity index (χ3v) is 5.76. The molecule has 2 aromatic heterocycles. The van der Waals surface area contributed by atoms with Crippen molar-refractivity contribution in [1.29, 1.82) is 0 Å². The molecule has 1 atom stereocenters. The van der Waals surface area contributed by atoms with Gasteiger partial charge in [-0.25, -0.2) is 19.2 Å². The summed E-state index contributed by atoms with van der Waals surface area (Å²) in [6.07, 6.45) is 0.499. The Hall–Kier alpha value is -4.06. The number of aromatic nitrogens is 3. The number of anilines is 1. The molecule has 182 valence electrons. The molecule has 0 bridgehead atoms. The first kappa shape index (κ1) is 22.7. The van der Waals surface area contributed by atoms with Gasteiger partial charge in [-0.1, -0.05) is 0 Å². The molecule has 2 aliphatic heterocycles. The highest BCUT2D eigenvalue weighted by Crippen LogP contribution is 2.28. The molecule has 3 aromatic rings. The third-order valence-electron chi connectivity index (χ3n) is 5.76. The highest BCUT2D eigenvalue weighted by atomic mass is 19.1. The number of Topliss-reactive ketones (excluding diaryl/α,β-unsaturated/α-hetero) is 1. The van der Waals surface area contributed by atoms with Gasteiger partial charge in [-0.05, 0) is 18.2 Å². The zero-order valence-electron chi connectivity index (χ0n) is 18.8. The predicted molar refractivity (Wildman–Crippen MR) is 121 cm³/mol. The van der Waals surface area contributed by atoms with E-state index in [-0.39, 0.29) is 49.1 Å². The Bertz CT molecular complexity index is 1380. The van der Waals surface area contributed by atoms with E-state index in [1.807, 2.05) is 0 Å². The standard InChI is InChI=1S/C23H22FN5O6/c1-28-19(31)5-3-13-2-4-16(24)21(20(13)28)33-7-6-25-9-15-11-29(23(32)35-15)18-10-26-22-17(27-18)8-14(30)12-34-22/h2-5,10,15,25H,6-9,11-12H2,1H3/t15-/m0/s1. The number of nitrogens with zero attached hydrogens (tertiary/aromatic N) is 4. The van der Waals surface area contributed by atoms with Crippen LogP contribution in [-0.2, 0) is 23.0 Å². The van der Waals surface area contributed by atoms with E-state index in [2.05, 4.69) is 15.3 Å². The number of nitrogens with one attached hydrogen (secondary N) is 1. The molecule has 0 unspecified atom stereocenters. The molecule has 11 nitrogen and oxygen atoms in total. The average Bonchev–Trinajstić information content (AvgIpc) is 3.22. The maximum atomic E-state index is 14.4. The summed E-state index contributed by atoms with van der Waals surface area (Å²) in [5, 5.41) is 3.81. The number of benzene rings is 1. The minimum absolute atomic E-state index is 0.0106. The Morgan fingerprint density at radius 3 is 2.91 bits per heavy atom. The van der Waals surface area contributed by atoms with Gasteiger partial charge in [0.25, 0.3) is 5.56 Å². The van der Waals surface area contributed by atoms with Crippen LogP contribution in [0.25, 0.3) is 10.9 Å². The van der Waals surface area contributed by atoms with Crippen LogP contribution in [0, 0.1) is 5.82 Å². The second kappa shape index (κ2) is 9.29. The molecule has 1 fully saturated rings. The number of amides is 1. The number of fused-ring (bicyclic) bond motifs is 2. The molecule has 0 spiro atoms. The molecule has 2 aliphatic rings. The number of ether oxygens (including phenoxy) is 3. The van der Waals surface area contributed by atoms with Crippen molar-refractivity contribution < 1.29 is 28.2 Å². The minimum atomic E-state index is -0.566. The lowest BCUT2D eigenvalue weighted by Gasteiger charge is -2.17. The fourth-order valence-corrected chi connectivity index (χ4v) is 4.02. The maximum absolute atomic E-state index is 14.4. The Labute approximate surface area is 198 Å². The van der Waals surface area contributed by atoms with Crippen molar-refractivity contribution in [1.82, 2.24) is 19.9 Å². The second-order valence-corrected chi connectivity index (χ2v) is 8.20. The van der Waals surface area contributed by atoms with Crippen molar-refractivity contribution in [2.75, 3.05) is 37.7 Å². The molecule has 1 amide bonds. The smallest absolute Gasteiger partial charge is 0.416 e. The van der Waals surface area contributed by atoms with Crippen molar-refractivity contribution in [3.63, 3.8) is 0 Å². The van der Waals surface area contributed by atoms with Gasteiger partial charge in [-0.2, -0.15) is 0 Å². The summed E-state index contributed by atoms with van der Waals surface area (Å²) in [5.41, 5.74) is 0.515. The number of carbonyl (C=O) groups is 2. The summed E-state index contributed by atoms with van der Waals surface area (Å²) in [7, 11) is 1.56. The van der Waals surface area contributed by atoms with Crippen LogP contribution in [0.5, 0.6) is 11.6 Å². The average molecular weight is 483 g/mol. The van der Waals surface area contributed by atoms with Crippen molar-refractivity contribution in [3.8, 4) is 11.6 Å². The molecular weight excluding hydrogens is 461 g/mol. The van der Waals surface area contributed by atoms with Gasteiger partial charge < -0.3 is 24.1 Å². The summed E-state index contributed by atoms with van der Waals surface area (Å²) in [6, 6.07) is 5.93. The van der Waals surface area contributed by atoms with Crippen LogP contribution >= 0.6 is 0 Å². The van der Waals surface area contributed by atoms with Crippen LogP contribution < -0.4 is 25.2 Å². The number of pyridine rings is 1. The number of ketones is 1. The van der Waals surface area contributed by atoms with Gasteiger partial charge in [0.15, 0.2) is 23.2 Å². The number of hydrogen-bond acceptors (Lipinski definition) is 9. The first-order valence-electron chi connectivity index (χ1n) is 11.0. The number of carbonyl (C=O) groups excluding carboxylic acids is 2. The fraction of sp³-hybridized carbons (Fsp3) is 0.348. The number of halogens is 1. The van der Waals surface area contributed by atoms with Crippen LogP contribution in [-0.4, -0.2) is 65.4 Å². The zero-order valence-corrected chi connectivity index (χ0v) is 18.8. The molecule has 0 saturated carbocycles. The first-order valence-corrected chi connectivity index (χ1v) is 11.0. The van der Waals surface area contributed by atoms with Gasteiger partial charge in [-0.3, -0.25) is 14.5 Å². The quantitative estimate of drug-likeness (QED) is 0.489. The molecule has 12 heteroatoms. The summed E-state index contributed by atoms with van der Waals surface area (Å²) in [6.45, 7) is 1.03. The van der Waals surface area contributed by atoms with Crippen molar-refractivity contribution in [2.45, 2.75) is 12.5 Å². The van der Waals surface area contributed by atoms with Gasteiger partial charge in [0.05, 0.1) is 24.7 Å². The highest BCUT2D eigenvalue weighted by Gasteiger charge is 2.34. The Morgan fingerprint density at radius 2 is 2.06 bits per heavy atom. The van der Waals surface area contributed by atoms with Crippen LogP contribution in [0.15, 0.2) is 35.3 Å². The lowest BCUT2D eigenvalue weighted by Crippen LogP contribution is -2.33. The minimum Gasteiger partial charge on any atom is -0.487 e. The van der Waals surface area contributed by atoms with E-state index < -0.39 is 18.0 Å². The Kier molecular flexibility index (Phi) is 6.03. The number of cyclic esters (lactones) is 1. The lowest BCUT2D eigenvalue weighted by molar-refractivity contribution is -0.121. The van der Waals surface area contributed by atoms with Crippen LogP contribution in [0.4, 0.5) is 15.0 Å². The molecule has 4 heterocycles. The van der Waals surface area contributed by atoms with E-state index in [9.17, 15) is 18.8 Å². The van der Waals surface area contributed by atoms with Crippen molar-refractivity contribution >= 4 is 28.6 Å². The molecular formula is C23H22FN5O6. The van der Waals surface area contributed by atoms with E-state index in [0.29, 0.717) is 35.6 Å². The summed E-state index contributed by atoms with van der Waals surface area (Å²) >= 11 is 0. The van der Waals surface area contributed by atoms with Gasteiger partial charge in [-0.15, -0.1) is 0 Å².